The zero-order valence-electron chi connectivity index (χ0n) is 33.4. The van der Waals surface area contributed by atoms with Crippen LogP contribution in [0.3, 0.4) is 0 Å². The number of hydrogen-bond donors (Lipinski definition) is 0. The van der Waals surface area contributed by atoms with E-state index in [1.54, 1.807) is 0 Å². The normalized spacial score (nSPS) is 12.7. The van der Waals surface area contributed by atoms with Gasteiger partial charge in [0.2, 0.25) is 0 Å². The Morgan fingerprint density at radius 1 is 0.361 bits per heavy atom. The molecule has 1 aliphatic rings. The van der Waals surface area contributed by atoms with E-state index in [9.17, 15) is 0 Å². The lowest BCUT2D eigenvalue weighted by atomic mass is 9.67. The molecule has 61 heavy (non-hydrogen) atoms. The number of benzene rings is 10. The van der Waals surface area contributed by atoms with Crippen LogP contribution in [0.5, 0.6) is 0 Å². The Hall–Kier alpha value is -7.94. The first-order valence-corrected chi connectivity index (χ1v) is 21.0. The highest BCUT2D eigenvalue weighted by Crippen LogP contribution is 2.58. The van der Waals surface area contributed by atoms with Crippen LogP contribution in [-0.2, 0) is 5.41 Å². The summed E-state index contributed by atoms with van der Waals surface area (Å²) < 4.78 is 6.87. The molecule has 0 fully saturated rings. The van der Waals surface area contributed by atoms with Crippen molar-refractivity contribution in [3.8, 4) is 33.4 Å². The average Bonchev–Trinajstić information content (AvgIpc) is 3.87. The van der Waals surface area contributed by atoms with Gasteiger partial charge in [-0.1, -0.05) is 206 Å². The molecule has 2 nitrogen and oxygen atoms in total. The van der Waals surface area contributed by atoms with Gasteiger partial charge in [0.15, 0.2) is 0 Å². The Morgan fingerprint density at radius 2 is 0.885 bits per heavy atom. The minimum Gasteiger partial charge on any atom is -0.455 e. The van der Waals surface area contributed by atoms with Crippen LogP contribution in [0.15, 0.2) is 241 Å². The highest BCUT2D eigenvalue weighted by atomic mass is 16.3. The Bertz CT molecular complexity index is 3350. The fourth-order valence-corrected chi connectivity index (χ4v) is 10.2. The predicted octanol–water partition coefficient (Wildman–Crippen LogP) is 15.9. The van der Waals surface area contributed by atoms with Crippen LogP contribution in [0, 0.1) is 0 Å². The summed E-state index contributed by atoms with van der Waals surface area (Å²) in [4.78, 5) is 2.49. The first-order valence-electron chi connectivity index (χ1n) is 21.0. The van der Waals surface area contributed by atoms with E-state index in [4.69, 9.17) is 4.42 Å². The highest BCUT2D eigenvalue weighted by molar-refractivity contribution is 6.27. The number of rotatable bonds is 7. The SMILES string of the molecule is c1ccc(-c2ccc(-c3c(N(c4ccccc4)c4ccc5c(c4)C(c4ccccc4)(c4ccccc4)c4ccccc4-5)c4ccccc4c4oc5ccccc5c34)cc2)cc1. The minimum atomic E-state index is -0.546. The first-order chi connectivity index (χ1) is 30.3. The van der Waals surface area contributed by atoms with Crippen molar-refractivity contribution in [2.45, 2.75) is 5.41 Å². The van der Waals surface area contributed by atoms with Gasteiger partial charge in [-0.15, -0.1) is 0 Å². The Balaban J connectivity index is 1.20. The van der Waals surface area contributed by atoms with Gasteiger partial charge in [0.25, 0.3) is 0 Å². The summed E-state index contributed by atoms with van der Waals surface area (Å²) in [5.41, 5.74) is 16.6. The molecule has 1 heterocycles. The number of anilines is 3. The number of fused-ring (bicyclic) bond motifs is 8. The lowest BCUT2D eigenvalue weighted by molar-refractivity contribution is 0.673. The van der Waals surface area contributed by atoms with Gasteiger partial charge in [-0.25, -0.2) is 0 Å². The average molecular weight is 778 g/mol. The molecular weight excluding hydrogens is 739 g/mol. The van der Waals surface area contributed by atoms with Crippen LogP contribution in [0.1, 0.15) is 22.3 Å². The molecule has 0 aliphatic heterocycles. The van der Waals surface area contributed by atoms with Crippen molar-refractivity contribution in [1.82, 2.24) is 0 Å². The van der Waals surface area contributed by atoms with Crippen LogP contribution >= 0.6 is 0 Å². The third kappa shape index (κ3) is 5.36. The van der Waals surface area contributed by atoms with Crippen molar-refractivity contribution in [1.29, 1.82) is 0 Å². The van der Waals surface area contributed by atoms with Gasteiger partial charge >= 0.3 is 0 Å². The zero-order valence-corrected chi connectivity index (χ0v) is 33.4. The first kappa shape index (κ1) is 35.0. The van der Waals surface area contributed by atoms with Crippen molar-refractivity contribution in [2.75, 3.05) is 4.90 Å². The van der Waals surface area contributed by atoms with E-state index in [1.807, 2.05) is 0 Å². The third-order valence-corrected chi connectivity index (χ3v) is 12.7. The quantitative estimate of drug-likeness (QED) is 0.160. The second kappa shape index (κ2) is 14.1. The van der Waals surface area contributed by atoms with Crippen LogP contribution < -0.4 is 4.90 Å². The molecule has 0 saturated heterocycles. The fraction of sp³-hybridized carbons (Fsp3) is 0.0169. The molecule has 0 unspecified atom stereocenters. The van der Waals surface area contributed by atoms with E-state index >= 15 is 0 Å². The molecule has 0 radical (unpaired) electrons. The van der Waals surface area contributed by atoms with Gasteiger partial charge in [-0.2, -0.15) is 0 Å². The van der Waals surface area contributed by atoms with Gasteiger partial charge in [-0.3, -0.25) is 0 Å². The predicted molar refractivity (Wildman–Crippen MR) is 254 cm³/mol. The highest BCUT2D eigenvalue weighted by Gasteiger charge is 2.46. The van der Waals surface area contributed by atoms with E-state index in [0.29, 0.717) is 0 Å². The number of furan rings is 1. The summed E-state index contributed by atoms with van der Waals surface area (Å²) in [6.45, 7) is 0. The summed E-state index contributed by atoms with van der Waals surface area (Å²) in [5.74, 6) is 0. The summed E-state index contributed by atoms with van der Waals surface area (Å²) in [5, 5.41) is 4.39. The minimum absolute atomic E-state index is 0.546. The molecule has 11 aromatic rings. The zero-order chi connectivity index (χ0) is 40.3. The van der Waals surface area contributed by atoms with E-state index < -0.39 is 5.41 Å². The van der Waals surface area contributed by atoms with Gasteiger partial charge in [0.1, 0.15) is 11.2 Å². The number of nitrogens with zero attached hydrogens (tertiary/aromatic N) is 1. The molecule has 0 spiro atoms. The van der Waals surface area contributed by atoms with Crippen LogP contribution in [0.4, 0.5) is 17.1 Å². The van der Waals surface area contributed by atoms with Crippen molar-refractivity contribution in [3.63, 3.8) is 0 Å². The Morgan fingerprint density at radius 3 is 1.59 bits per heavy atom. The Kier molecular flexibility index (Phi) is 8.11. The molecule has 0 N–H and O–H groups in total. The van der Waals surface area contributed by atoms with Gasteiger partial charge in [0, 0.05) is 38.5 Å². The monoisotopic (exact) mass is 777 g/mol. The Labute approximate surface area is 355 Å². The molecule has 12 rings (SSSR count). The van der Waals surface area contributed by atoms with Crippen molar-refractivity contribution in [3.05, 3.63) is 259 Å². The summed E-state index contributed by atoms with van der Waals surface area (Å²) in [7, 11) is 0. The molecule has 0 saturated carbocycles. The molecule has 0 atom stereocenters. The molecule has 0 amide bonds. The van der Waals surface area contributed by atoms with Crippen LogP contribution in [0.2, 0.25) is 0 Å². The van der Waals surface area contributed by atoms with E-state index in [2.05, 4.69) is 241 Å². The van der Waals surface area contributed by atoms with E-state index in [1.165, 1.54) is 44.5 Å². The molecule has 286 valence electrons. The lowest BCUT2D eigenvalue weighted by Gasteiger charge is -2.35. The topological polar surface area (TPSA) is 16.4 Å². The summed E-state index contributed by atoms with van der Waals surface area (Å²) >= 11 is 0. The van der Waals surface area contributed by atoms with E-state index in [0.717, 1.165) is 60.9 Å². The molecule has 2 heteroatoms. The summed E-state index contributed by atoms with van der Waals surface area (Å²) in [6, 6.07) is 86.0. The van der Waals surface area contributed by atoms with Crippen molar-refractivity contribution >= 4 is 49.8 Å². The number of para-hydroxylation sites is 2. The van der Waals surface area contributed by atoms with Gasteiger partial charge in [0.05, 0.1) is 11.1 Å². The van der Waals surface area contributed by atoms with Crippen LogP contribution in [0.25, 0.3) is 66.1 Å². The molecule has 1 aromatic heterocycles. The second-order valence-electron chi connectivity index (χ2n) is 15.9. The van der Waals surface area contributed by atoms with Crippen LogP contribution in [-0.4, -0.2) is 0 Å². The fourth-order valence-electron chi connectivity index (χ4n) is 10.2. The maximum Gasteiger partial charge on any atom is 0.144 e. The molecule has 0 bridgehead atoms. The van der Waals surface area contributed by atoms with Crippen molar-refractivity contribution < 1.29 is 4.42 Å². The largest absolute Gasteiger partial charge is 0.455 e. The molecular formula is C59H39NO. The third-order valence-electron chi connectivity index (χ3n) is 12.7. The van der Waals surface area contributed by atoms with E-state index in [-0.39, 0.29) is 0 Å². The summed E-state index contributed by atoms with van der Waals surface area (Å²) in [6.07, 6.45) is 0. The molecule has 10 aromatic carbocycles. The maximum atomic E-state index is 6.87. The molecule has 1 aliphatic carbocycles. The standard InChI is InChI=1S/C59H39NO/c1-5-19-40(20-6-1)41-33-35-42(36-34-41)55-56-51-30-16-18-32-54(51)61-58(56)50-29-14-13-28-49(50)57(55)60(45-25-11-4-12-26-45)46-37-38-48-47-27-15-17-31-52(47)59(53(48)39-46,43-21-7-2-8-22-43)44-23-9-3-10-24-44/h1-39H. The lowest BCUT2D eigenvalue weighted by Crippen LogP contribution is -2.28. The maximum absolute atomic E-state index is 6.87. The van der Waals surface area contributed by atoms with Gasteiger partial charge < -0.3 is 9.32 Å². The smallest absolute Gasteiger partial charge is 0.144 e. The second-order valence-corrected chi connectivity index (χ2v) is 15.9. The number of hydrogen-bond acceptors (Lipinski definition) is 2. The van der Waals surface area contributed by atoms with Crippen molar-refractivity contribution in [2.24, 2.45) is 0 Å². The van der Waals surface area contributed by atoms with Gasteiger partial charge in [-0.05, 0) is 80.4 Å².